The van der Waals surface area contributed by atoms with Crippen LogP contribution in [-0.2, 0) is 9.53 Å². The largest absolute Gasteiger partial charge is 0.426 e. The summed E-state index contributed by atoms with van der Waals surface area (Å²) in [6, 6.07) is 9.17. The molecule has 1 aliphatic rings. The number of ether oxygens (including phenoxy) is 1. The van der Waals surface area contributed by atoms with E-state index < -0.39 is 0 Å². The van der Waals surface area contributed by atoms with Gasteiger partial charge in [-0.05, 0) is 17.9 Å². The van der Waals surface area contributed by atoms with Crippen LogP contribution in [0.2, 0.25) is 0 Å². The molecule has 5 nitrogen and oxygen atoms in total. The molecule has 0 spiro atoms. The van der Waals surface area contributed by atoms with Crippen molar-refractivity contribution in [2.45, 2.75) is 38.5 Å². The highest BCUT2D eigenvalue weighted by atomic mass is 16.5. The van der Waals surface area contributed by atoms with Gasteiger partial charge >= 0.3 is 5.97 Å². The molecule has 1 fully saturated rings. The Morgan fingerprint density at radius 2 is 2.05 bits per heavy atom. The number of carbonyl (C=O) groups is 1. The van der Waals surface area contributed by atoms with E-state index in [1.54, 1.807) is 0 Å². The SMILES string of the molecule is [N-]=[N+]=N/C=C(/OC(=O)CCC1CCCC1)c1ccccc1. The van der Waals surface area contributed by atoms with E-state index in [2.05, 4.69) is 10.0 Å². The number of rotatable bonds is 6. The first-order chi connectivity index (χ1) is 10.3. The summed E-state index contributed by atoms with van der Waals surface area (Å²) in [6.45, 7) is 0. The van der Waals surface area contributed by atoms with Crippen LogP contribution in [0, 0.1) is 5.92 Å². The molecule has 0 saturated heterocycles. The topological polar surface area (TPSA) is 75.1 Å². The van der Waals surface area contributed by atoms with Crippen LogP contribution in [0.4, 0.5) is 0 Å². The molecule has 0 heterocycles. The zero-order valence-corrected chi connectivity index (χ0v) is 11.9. The average Bonchev–Trinajstić information content (AvgIpc) is 3.03. The quantitative estimate of drug-likeness (QED) is 0.247. The fraction of sp³-hybridized carbons (Fsp3) is 0.438. The van der Waals surface area contributed by atoms with E-state index in [1.165, 1.54) is 31.9 Å². The van der Waals surface area contributed by atoms with Crippen molar-refractivity contribution in [1.29, 1.82) is 0 Å². The second kappa shape index (κ2) is 8.12. The normalized spacial score (nSPS) is 15.5. The van der Waals surface area contributed by atoms with Gasteiger partial charge in [0.1, 0.15) is 5.76 Å². The van der Waals surface area contributed by atoms with Crippen LogP contribution in [0.25, 0.3) is 16.2 Å². The molecule has 1 saturated carbocycles. The molecule has 5 heteroatoms. The molecule has 0 amide bonds. The van der Waals surface area contributed by atoms with Gasteiger partial charge in [-0.1, -0.05) is 61.1 Å². The molecule has 0 aliphatic heterocycles. The average molecular weight is 285 g/mol. The molecule has 1 aromatic rings. The van der Waals surface area contributed by atoms with Crippen LogP contribution in [0.3, 0.4) is 0 Å². The van der Waals surface area contributed by atoms with Crippen LogP contribution < -0.4 is 0 Å². The number of hydrogen-bond donors (Lipinski definition) is 0. The summed E-state index contributed by atoms with van der Waals surface area (Å²) in [6.07, 6.45) is 7.49. The summed E-state index contributed by atoms with van der Waals surface area (Å²) >= 11 is 0. The molecule has 0 N–H and O–H groups in total. The molecule has 0 aromatic heterocycles. The third kappa shape index (κ3) is 4.97. The first kappa shape index (κ1) is 15.1. The van der Waals surface area contributed by atoms with E-state index in [9.17, 15) is 4.79 Å². The Hall–Kier alpha value is -2.26. The molecule has 2 rings (SSSR count). The Labute approximate surface area is 124 Å². The van der Waals surface area contributed by atoms with E-state index in [1.807, 2.05) is 30.3 Å². The number of hydrogen-bond acceptors (Lipinski definition) is 3. The van der Waals surface area contributed by atoms with E-state index >= 15 is 0 Å². The third-order valence-electron chi connectivity index (χ3n) is 3.74. The van der Waals surface area contributed by atoms with Gasteiger partial charge in [0.05, 0.1) is 0 Å². The molecule has 1 aliphatic carbocycles. The van der Waals surface area contributed by atoms with E-state index in [-0.39, 0.29) is 5.97 Å². The summed E-state index contributed by atoms with van der Waals surface area (Å²) in [5, 5.41) is 3.38. The van der Waals surface area contributed by atoms with Gasteiger partial charge < -0.3 is 4.74 Å². The van der Waals surface area contributed by atoms with Crippen molar-refractivity contribution >= 4 is 11.7 Å². The lowest BCUT2D eigenvalue weighted by atomic mass is 10.0. The maximum atomic E-state index is 11.9. The van der Waals surface area contributed by atoms with Crippen molar-refractivity contribution in [1.82, 2.24) is 0 Å². The van der Waals surface area contributed by atoms with Crippen molar-refractivity contribution in [3.63, 3.8) is 0 Å². The summed E-state index contributed by atoms with van der Waals surface area (Å²) in [5.74, 6) is 0.675. The summed E-state index contributed by atoms with van der Waals surface area (Å²) in [7, 11) is 0. The van der Waals surface area contributed by atoms with Crippen molar-refractivity contribution in [2.75, 3.05) is 0 Å². The fourth-order valence-electron chi connectivity index (χ4n) is 2.64. The molecule has 0 bridgehead atoms. The summed E-state index contributed by atoms with van der Waals surface area (Å²) in [4.78, 5) is 14.6. The fourth-order valence-corrected chi connectivity index (χ4v) is 2.64. The monoisotopic (exact) mass is 285 g/mol. The van der Waals surface area contributed by atoms with Gasteiger partial charge in [0.15, 0.2) is 0 Å². The Balaban J connectivity index is 1.95. The maximum Gasteiger partial charge on any atom is 0.311 e. The first-order valence-electron chi connectivity index (χ1n) is 7.30. The lowest BCUT2D eigenvalue weighted by Gasteiger charge is -2.10. The number of esters is 1. The van der Waals surface area contributed by atoms with Gasteiger partial charge in [-0.3, -0.25) is 4.79 Å². The van der Waals surface area contributed by atoms with Gasteiger partial charge in [0.25, 0.3) is 0 Å². The van der Waals surface area contributed by atoms with Crippen molar-refractivity contribution < 1.29 is 9.53 Å². The Kier molecular flexibility index (Phi) is 5.85. The Bertz CT molecular complexity index is 542. The standard InChI is InChI=1S/C16H19N3O2/c17-19-18-12-15(14-8-2-1-3-9-14)21-16(20)11-10-13-6-4-5-7-13/h1-3,8-9,12-13H,4-7,10-11H2/b15-12+. The lowest BCUT2D eigenvalue weighted by Crippen LogP contribution is -2.06. The Morgan fingerprint density at radius 1 is 1.33 bits per heavy atom. The minimum Gasteiger partial charge on any atom is -0.426 e. The molecule has 0 atom stereocenters. The number of nitrogens with zero attached hydrogens (tertiary/aromatic N) is 3. The molecule has 110 valence electrons. The van der Waals surface area contributed by atoms with E-state index in [4.69, 9.17) is 10.3 Å². The highest BCUT2D eigenvalue weighted by Gasteiger charge is 2.17. The van der Waals surface area contributed by atoms with Gasteiger partial charge in [0.2, 0.25) is 0 Å². The second-order valence-electron chi connectivity index (χ2n) is 5.23. The third-order valence-corrected chi connectivity index (χ3v) is 3.74. The highest BCUT2D eigenvalue weighted by Crippen LogP contribution is 2.29. The van der Waals surface area contributed by atoms with Crippen molar-refractivity contribution in [2.24, 2.45) is 11.0 Å². The minimum absolute atomic E-state index is 0.273. The van der Waals surface area contributed by atoms with Crippen LogP contribution >= 0.6 is 0 Å². The highest BCUT2D eigenvalue weighted by molar-refractivity contribution is 5.78. The summed E-state index contributed by atoms with van der Waals surface area (Å²) < 4.78 is 5.36. The maximum absolute atomic E-state index is 11.9. The first-order valence-corrected chi connectivity index (χ1v) is 7.30. The molecule has 21 heavy (non-hydrogen) atoms. The van der Waals surface area contributed by atoms with Gasteiger partial charge in [-0.25, -0.2) is 0 Å². The molecule has 0 unspecified atom stereocenters. The molecular weight excluding hydrogens is 266 g/mol. The minimum atomic E-state index is -0.273. The number of benzene rings is 1. The smallest absolute Gasteiger partial charge is 0.311 e. The predicted molar refractivity (Wildman–Crippen MR) is 80.8 cm³/mol. The summed E-state index contributed by atoms with van der Waals surface area (Å²) in [5.41, 5.74) is 9.14. The van der Waals surface area contributed by atoms with E-state index in [0.717, 1.165) is 12.0 Å². The van der Waals surface area contributed by atoms with Crippen molar-refractivity contribution in [3.05, 3.63) is 52.5 Å². The zero-order chi connectivity index (χ0) is 14.9. The van der Waals surface area contributed by atoms with E-state index in [0.29, 0.717) is 18.1 Å². The second-order valence-corrected chi connectivity index (χ2v) is 5.23. The molecular formula is C16H19N3O2. The number of carbonyl (C=O) groups excluding carboxylic acids is 1. The molecule has 1 aromatic carbocycles. The van der Waals surface area contributed by atoms with Crippen molar-refractivity contribution in [3.8, 4) is 0 Å². The van der Waals surface area contributed by atoms with Gasteiger partial charge in [-0.2, -0.15) is 0 Å². The van der Waals surface area contributed by atoms with Crippen LogP contribution in [0.1, 0.15) is 44.1 Å². The van der Waals surface area contributed by atoms with Crippen LogP contribution in [-0.4, -0.2) is 5.97 Å². The zero-order valence-electron chi connectivity index (χ0n) is 11.9. The Morgan fingerprint density at radius 3 is 2.71 bits per heavy atom. The lowest BCUT2D eigenvalue weighted by molar-refractivity contribution is -0.137. The number of azide groups is 1. The predicted octanol–water partition coefficient (Wildman–Crippen LogP) is 4.81. The molecule has 0 radical (unpaired) electrons. The van der Waals surface area contributed by atoms with Crippen LogP contribution in [0.5, 0.6) is 0 Å². The van der Waals surface area contributed by atoms with Gasteiger partial charge in [0, 0.05) is 23.1 Å². The van der Waals surface area contributed by atoms with Gasteiger partial charge in [-0.15, -0.1) is 0 Å². The van der Waals surface area contributed by atoms with Crippen LogP contribution in [0.15, 0.2) is 41.6 Å².